The van der Waals surface area contributed by atoms with E-state index < -0.39 is 0 Å². The van der Waals surface area contributed by atoms with Gasteiger partial charge in [-0.05, 0) is 62.9 Å². The Balaban J connectivity index is 1.63. The lowest BCUT2D eigenvalue weighted by Crippen LogP contribution is -2.21. The fourth-order valence-electron chi connectivity index (χ4n) is 4.58. The number of amides is 1. The molecule has 0 unspecified atom stereocenters. The lowest BCUT2D eigenvalue weighted by Gasteiger charge is -2.17. The summed E-state index contributed by atoms with van der Waals surface area (Å²) in [5.74, 6) is 1.41. The number of hydrogen-bond donors (Lipinski definition) is 2. The highest BCUT2D eigenvalue weighted by atomic mass is 16.5. The number of aryl methyl sites for hydroxylation is 1. The van der Waals surface area contributed by atoms with Gasteiger partial charge < -0.3 is 19.6 Å². The van der Waals surface area contributed by atoms with Gasteiger partial charge >= 0.3 is 0 Å². The number of hydrogen-bond acceptors (Lipinski definition) is 3. The molecule has 1 aliphatic rings. The highest BCUT2D eigenvalue weighted by molar-refractivity contribution is 6.07. The number of aromatic nitrogens is 3. The summed E-state index contributed by atoms with van der Waals surface area (Å²) in [6.07, 6.45) is 2.26. The number of fused-ring (bicyclic) bond motifs is 1. The van der Waals surface area contributed by atoms with Crippen LogP contribution >= 0.6 is 0 Å². The first-order valence-electron chi connectivity index (χ1n) is 11.2. The normalized spacial score (nSPS) is 16.0. The topological polar surface area (TPSA) is 71.9 Å². The van der Waals surface area contributed by atoms with Crippen molar-refractivity contribution in [3.8, 4) is 11.4 Å². The van der Waals surface area contributed by atoms with Gasteiger partial charge in [0.1, 0.15) is 11.6 Å². The van der Waals surface area contributed by atoms with E-state index in [1.165, 1.54) is 0 Å². The van der Waals surface area contributed by atoms with Crippen LogP contribution < -0.4 is 5.32 Å². The standard InChI is InChI=1S/C26H28N4O2/c1-16-9-4-5-11-20(16)26(31)29-25-23(24-27-21-12-6-7-13-22(21)28-24)17(2)18(3)30(25)15-19-10-8-14-32-19/h4-7,9,11-13,19H,8,10,14-15H2,1-3H3,(H,27,28)(H,29,31)/t19-/m0/s1. The number of anilines is 1. The predicted molar refractivity (Wildman–Crippen MR) is 127 cm³/mol. The fourth-order valence-corrected chi connectivity index (χ4v) is 4.58. The molecule has 32 heavy (non-hydrogen) atoms. The van der Waals surface area contributed by atoms with Crippen molar-refractivity contribution in [1.29, 1.82) is 0 Å². The van der Waals surface area contributed by atoms with Gasteiger partial charge in [-0.1, -0.05) is 30.3 Å². The molecule has 164 valence electrons. The minimum Gasteiger partial charge on any atom is -0.376 e. The maximum absolute atomic E-state index is 13.3. The van der Waals surface area contributed by atoms with Crippen LogP contribution in [-0.4, -0.2) is 33.2 Å². The van der Waals surface area contributed by atoms with Gasteiger partial charge in [0.15, 0.2) is 0 Å². The Labute approximate surface area is 187 Å². The number of aromatic amines is 1. The van der Waals surface area contributed by atoms with Gasteiger partial charge in [-0.25, -0.2) is 4.98 Å². The molecule has 6 heteroatoms. The summed E-state index contributed by atoms with van der Waals surface area (Å²) in [6, 6.07) is 15.6. The minimum absolute atomic E-state index is 0.119. The number of para-hydroxylation sites is 2. The van der Waals surface area contributed by atoms with Crippen LogP contribution in [-0.2, 0) is 11.3 Å². The van der Waals surface area contributed by atoms with Crippen molar-refractivity contribution in [3.05, 3.63) is 70.9 Å². The summed E-state index contributed by atoms with van der Waals surface area (Å²) in [7, 11) is 0. The van der Waals surface area contributed by atoms with Gasteiger partial charge in [-0.2, -0.15) is 0 Å². The first-order valence-corrected chi connectivity index (χ1v) is 11.2. The lowest BCUT2D eigenvalue weighted by molar-refractivity contribution is 0.0962. The zero-order valence-electron chi connectivity index (χ0n) is 18.7. The molecule has 1 amide bonds. The Morgan fingerprint density at radius 3 is 2.69 bits per heavy atom. The summed E-state index contributed by atoms with van der Waals surface area (Å²) in [5.41, 5.74) is 6.63. The Kier molecular flexibility index (Phi) is 5.31. The Hall–Kier alpha value is -3.38. The third-order valence-corrected chi connectivity index (χ3v) is 6.49. The minimum atomic E-state index is -0.119. The van der Waals surface area contributed by atoms with Crippen LogP contribution in [0.25, 0.3) is 22.4 Å². The van der Waals surface area contributed by atoms with Crippen molar-refractivity contribution in [3.63, 3.8) is 0 Å². The quantitative estimate of drug-likeness (QED) is 0.448. The molecule has 0 spiro atoms. The molecule has 1 saturated heterocycles. The molecule has 0 saturated carbocycles. The smallest absolute Gasteiger partial charge is 0.257 e. The molecule has 1 atom stereocenters. The molecule has 3 heterocycles. The molecule has 2 aromatic heterocycles. The molecule has 0 aliphatic carbocycles. The molecular formula is C26H28N4O2. The first-order chi connectivity index (χ1) is 15.5. The molecule has 6 nitrogen and oxygen atoms in total. The van der Waals surface area contributed by atoms with Crippen LogP contribution in [0.2, 0.25) is 0 Å². The predicted octanol–water partition coefficient (Wildman–Crippen LogP) is 5.39. The van der Waals surface area contributed by atoms with Crippen molar-refractivity contribution >= 4 is 22.8 Å². The Morgan fingerprint density at radius 2 is 1.94 bits per heavy atom. The maximum atomic E-state index is 13.3. The van der Waals surface area contributed by atoms with Crippen molar-refractivity contribution in [1.82, 2.24) is 14.5 Å². The van der Waals surface area contributed by atoms with Crippen LogP contribution in [0.15, 0.2) is 48.5 Å². The number of nitrogens with one attached hydrogen (secondary N) is 2. The average molecular weight is 429 g/mol. The number of H-pyrrole nitrogens is 1. The van der Waals surface area contributed by atoms with Crippen LogP contribution in [0.4, 0.5) is 5.82 Å². The van der Waals surface area contributed by atoms with E-state index in [0.29, 0.717) is 12.1 Å². The molecule has 1 fully saturated rings. The zero-order chi connectivity index (χ0) is 22.2. The molecule has 0 bridgehead atoms. The Morgan fingerprint density at radius 1 is 1.16 bits per heavy atom. The molecule has 4 aromatic rings. The molecule has 2 aromatic carbocycles. The number of ether oxygens (including phenoxy) is 1. The third-order valence-electron chi connectivity index (χ3n) is 6.49. The van der Waals surface area contributed by atoms with Crippen LogP contribution in [0.5, 0.6) is 0 Å². The summed E-state index contributed by atoms with van der Waals surface area (Å²) in [4.78, 5) is 21.6. The second-order valence-electron chi connectivity index (χ2n) is 8.55. The lowest BCUT2D eigenvalue weighted by atomic mass is 10.1. The average Bonchev–Trinajstić information content (AvgIpc) is 3.50. The summed E-state index contributed by atoms with van der Waals surface area (Å²) < 4.78 is 8.11. The SMILES string of the molecule is Cc1ccccc1C(=O)Nc1c(-c2nc3ccccc3[nH]2)c(C)c(C)n1C[C@@H]1CCCO1. The van der Waals surface area contributed by atoms with E-state index in [-0.39, 0.29) is 12.0 Å². The van der Waals surface area contributed by atoms with E-state index in [0.717, 1.165) is 64.5 Å². The zero-order valence-corrected chi connectivity index (χ0v) is 18.7. The maximum Gasteiger partial charge on any atom is 0.257 e. The number of imidazole rings is 1. The molecule has 0 radical (unpaired) electrons. The molecule has 1 aliphatic heterocycles. The van der Waals surface area contributed by atoms with E-state index in [2.05, 4.69) is 28.7 Å². The number of carbonyl (C=O) groups excluding carboxylic acids is 1. The third kappa shape index (κ3) is 3.60. The first kappa shape index (κ1) is 20.5. The monoisotopic (exact) mass is 428 g/mol. The van der Waals surface area contributed by atoms with Crippen LogP contribution in [0.1, 0.15) is 40.0 Å². The highest BCUT2D eigenvalue weighted by Crippen LogP contribution is 2.37. The number of nitrogens with zero attached hydrogens (tertiary/aromatic N) is 2. The molecule has 2 N–H and O–H groups in total. The Bertz CT molecular complexity index is 1260. The number of benzene rings is 2. The van der Waals surface area contributed by atoms with E-state index >= 15 is 0 Å². The second kappa shape index (κ2) is 8.28. The van der Waals surface area contributed by atoms with E-state index in [9.17, 15) is 4.79 Å². The highest BCUT2D eigenvalue weighted by Gasteiger charge is 2.26. The summed E-state index contributed by atoms with van der Waals surface area (Å²) in [5, 5.41) is 3.22. The number of rotatable bonds is 5. The fraction of sp³-hybridized carbons (Fsp3) is 0.308. The van der Waals surface area contributed by atoms with Gasteiger partial charge in [0.2, 0.25) is 0 Å². The van der Waals surface area contributed by atoms with E-state index in [1.54, 1.807) is 0 Å². The van der Waals surface area contributed by atoms with Crippen LogP contribution in [0, 0.1) is 20.8 Å². The summed E-state index contributed by atoms with van der Waals surface area (Å²) in [6.45, 7) is 7.64. The van der Waals surface area contributed by atoms with Gasteiger partial charge in [-0.3, -0.25) is 4.79 Å². The van der Waals surface area contributed by atoms with Gasteiger partial charge in [0.05, 0.1) is 29.2 Å². The van der Waals surface area contributed by atoms with Gasteiger partial charge in [0.25, 0.3) is 5.91 Å². The van der Waals surface area contributed by atoms with Crippen molar-refractivity contribution in [2.24, 2.45) is 0 Å². The molecule has 5 rings (SSSR count). The van der Waals surface area contributed by atoms with E-state index in [1.807, 2.05) is 55.5 Å². The van der Waals surface area contributed by atoms with E-state index in [4.69, 9.17) is 9.72 Å². The van der Waals surface area contributed by atoms with Crippen molar-refractivity contribution in [2.45, 2.75) is 46.3 Å². The largest absolute Gasteiger partial charge is 0.376 e. The van der Waals surface area contributed by atoms with Crippen molar-refractivity contribution < 1.29 is 9.53 Å². The van der Waals surface area contributed by atoms with Gasteiger partial charge in [0, 0.05) is 17.9 Å². The molecular weight excluding hydrogens is 400 g/mol. The van der Waals surface area contributed by atoms with Crippen molar-refractivity contribution in [2.75, 3.05) is 11.9 Å². The van der Waals surface area contributed by atoms with Crippen LogP contribution in [0.3, 0.4) is 0 Å². The van der Waals surface area contributed by atoms with Gasteiger partial charge in [-0.15, -0.1) is 0 Å². The summed E-state index contributed by atoms with van der Waals surface area (Å²) >= 11 is 0. The number of carbonyl (C=O) groups is 1. The second-order valence-corrected chi connectivity index (χ2v) is 8.55.